The fourth-order valence-corrected chi connectivity index (χ4v) is 1.86. The van der Waals surface area contributed by atoms with Gasteiger partial charge in [-0.05, 0) is 31.6 Å². The lowest BCUT2D eigenvalue weighted by Crippen LogP contribution is -2.35. The van der Waals surface area contributed by atoms with Gasteiger partial charge in [0.25, 0.3) is 0 Å². The van der Waals surface area contributed by atoms with E-state index in [2.05, 4.69) is 5.43 Å². The Hall–Kier alpha value is -0.980. The molecule has 0 radical (unpaired) electrons. The number of aliphatic hydroxyl groups is 1. The summed E-state index contributed by atoms with van der Waals surface area (Å²) in [5.41, 5.74) is 8.71. The number of primary amides is 1. The Morgan fingerprint density at radius 3 is 2.45 bits per heavy atom. The first-order valence-corrected chi connectivity index (χ1v) is 7.19. The SMILES string of the molecule is CC(CNN(C)C)CC(=N)C(O)CCC[C@@H](C)C(N)=O. The lowest BCUT2D eigenvalue weighted by atomic mass is 9.96. The summed E-state index contributed by atoms with van der Waals surface area (Å²) in [6.45, 7) is 4.61. The predicted octanol–water partition coefficient (Wildman–Crippen LogP) is 0.751. The van der Waals surface area contributed by atoms with Crippen molar-refractivity contribution in [3.8, 4) is 0 Å². The average molecular weight is 286 g/mol. The van der Waals surface area contributed by atoms with Crippen LogP contribution in [0.2, 0.25) is 0 Å². The molecule has 6 heteroatoms. The second kappa shape index (κ2) is 9.85. The molecule has 5 N–H and O–H groups in total. The van der Waals surface area contributed by atoms with E-state index in [-0.39, 0.29) is 11.8 Å². The lowest BCUT2D eigenvalue weighted by Gasteiger charge is -2.19. The third-order valence-electron chi connectivity index (χ3n) is 3.33. The summed E-state index contributed by atoms with van der Waals surface area (Å²) in [6, 6.07) is 0. The van der Waals surface area contributed by atoms with Crippen LogP contribution in [0, 0.1) is 17.2 Å². The van der Waals surface area contributed by atoms with Crippen LogP contribution in [0.25, 0.3) is 0 Å². The Morgan fingerprint density at radius 2 is 1.95 bits per heavy atom. The van der Waals surface area contributed by atoms with Crippen molar-refractivity contribution in [2.75, 3.05) is 20.6 Å². The molecule has 20 heavy (non-hydrogen) atoms. The molecule has 0 heterocycles. The molecule has 0 saturated heterocycles. The number of carbonyl (C=O) groups is 1. The Labute approximate surface area is 122 Å². The van der Waals surface area contributed by atoms with E-state index in [1.54, 1.807) is 6.92 Å². The predicted molar refractivity (Wildman–Crippen MR) is 81.4 cm³/mol. The van der Waals surface area contributed by atoms with Crippen LogP contribution in [0.3, 0.4) is 0 Å². The van der Waals surface area contributed by atoms with Gasteiger partial charge >= 0.3 is 0 Å². The Morgan fingerprint density at radius 1 is 1.35 bits per heavy atom. The largest absolute Gasteiger partial charge is 0.387 e. The van der Waals surface area contributed by atoms with Gasteiger partial charge in [-0.1, -0.05) is 13.8 Å². The Bertz CT molecular complexity index is 308. The lowest BCUT2D eigenvalue weighted by molar-refractivity contribution is -0.121. The van der Waals surface area contributed by atoms with E-state index >= 15 is 0 Å². The fourth-order valence-electron chi connectivity index (χ4n) is 1.86. The third-order valence-corrected chi connectivity index (χ3v) is 3.33. The number of rotatable bonds is 11. The van der Waals surface area contributed by atoms with Gasteiger partial charge in [0.2, 0.25) is 5.91 Å². The van der Waals surface area contributed by atoms with Gasteiger partial charge in [0.05, 0.1) is 6.10 Å². The highest BCUT2D eigenvalue weighted by atomic mass is 16.3. The minimum atomic E-state index is -0.711. The van der Waals surface area contributed by atoms with E-state index in [0.29, 0.717) is 37.3 Å². The number of carbonyl (C=O) groups excluding carboxylic acids is 1. The molecular formula is C14H30N4O2. The summed E-state index contributed by atoms with van der Waals surface area (Å²) in [5, 5.41) is 19.7. The number of nitrogens with zero attached hydrogens (tertiary/aromatic N) is 1. The first-order chi connectivity index (χ1) is 9.23. The molecule has 0 rings (SSSR count). The van der Waals surface area contributed by atoms with Crippen LogP contribution in [0.4, 0.5) is 0 Å². The molecule has 3 atom stereocenters. The van der Waals surface area contributed by atoms with Crippen molar-refractivity contribution in [2.45, 2.75) is 45.6 Å². The van der Waals surface area contributed by atoms with Crippen molar-refractivity contribution in [1.82, 2.24) is 10.4 Å². The van der Waals surface area contributed by atoms with Crippen molar-refractivity contribution in [3.63, 3.8) is 0 Å². The summed E-state index contributed by atoms with van der Waals surface area (Å²) < 4.78 is 0. The molecule has 2 unspecified atom stereocenters. The maximum Gasteiger partial charge on any atom is 0.220 e. The monoisotopic (exact) mass is 286 g/mol. The van der Waals surface area contributed by atoms with Gasteiger partial charge in [0.15, 0.2) is 0 Å². The number of amides is 1. The van der Waals surface area contributed by atoms with E-state index < -0.39 is 6.10 Å². The Balaban J connectivity index is 3.88. The quantitative estimate of drug-likeness (QED) is 0.332. The minimum absolute atomic E-state index is 0.167. The molecule has 6 nitrogen and oxygen atoms in total. The van der Waals surface area contributed by atoms with Gasteiger partial charge < -0.3 is 16.2 Å². The van der Waals surface area contributed by atoms with Gasteiger partial charge in [-0.25, -0.2) is 0 Å². The van der Waals surface area contributed by atoms with Crippen molar-refractivity contribution < 1.29 is 9.90 Å². The topological polar surface area (TPSA) is 102 Å². The van der Waals surface area contributed by atoms with Gasteiger partial charge in [-0.2, -0.15) is 0 Å². The summed E-state index contributed by atoms with van der Waals surface area (Å²) >= 11 is 0. The van der Waals surface area contributed by atoms with E-state index in [1.807, 2.05) is 26.0 Å². The number of aliphatic hydroxyl groups excluding tert-OH is 1. The second-order valence-electron chi connectivity index (χ2n) is 5.84. The smallest absolute Gasteiger partial charge is 0.220 e. The van der Waals surface area contributed by atoms with Crippen LogP contribution in [0.1, 0.15) is 39.5 Å². The maximum atomic E-state index is 10.9. The van der Waals surface area contributed by atoms with Crippen molar-refractivity contribution in [2.24, 2.45) is 17.6 Å². The molecular weight excluding hydrogens is 256 g/mol. The number of hydrazine groups is 1. The maximum absolute atomic E-state index is 10.9. The summed E-state index contributed by atoms with van der Waals surface area (Å²) in [5.74, 6) is -0.179. The standard InChI is InChI=1S/C14H30N4O2/c1-10(9-17-18(3)4)8-12(15)13(19)7-5-6-11(2)14(16)20/h10-11,13,15,17,19H,5-9H2,1-4H3,(H2,16,20)/t10?,11-,13?/m1/s1. The first kappa shape index (κ1) is 19.0. The highest BCUT2D eigenvalue weighted by Gasteiger charge is 2.16. The Kier molecular flexibility index (Phi) is 9.37. The number of nitrogens with one attached hydrogen (secondary N) is 2. The highest BCUT2D eigenvalue weighted by Crippen LogP contribution is 2.12. The average Bonchev–Trinajstić information content (AvgIpc) is 2.35. The normalized spacial score (nSPS) is 15.9. The van der Waals surface area contributed by atoms with E-state index in [4.69, 9.17) is 11.1 Å². The van der Waals surface area contributed by atoms with Gasteiger partial charge in [-0.3, -0.25) is 15.2 Å². The molecule has 0 saturated carbocycles. The fraction of sp³-hybridized carbons (Fsp3) is 0.857. The van der Waals surface area contributed by atoms with Crippen LogP contribution < -0.4 is 11.2 Å². The van der Waals surface area contributed by atoms with Crippen LogP contribution in [0.5, 0.6) is 0 Å². The molecule has 0 aliphatic rings. The zero-order chi connectivity index (χ0) is 15.7. The minimum Gasteiger partial charge on any atom is -0.387 e. The highest BCUT2D eigenvalue weighted by molar-refractivity contribution is 5.85. The van der Waals surface area contributed by atoms with Crippen LogP contribution >= 0.6 is 0 Å². The van der Waals surface area contributed by atoms with Crippen molar-refractivity contribution >= 4 is 11.6 Å². The van der Waals surface area contributed by atoms with Crippen LogP contribution in [-0.2, 0) is 4.79 Å². The van der Waals surface area contributed by atoms with Crippen LogP contribution in [-0.4, -0.2) is 48.5 Å². The summed E-state index contributed by atoms with van der Waals surface area (Å²) in [7, 11) is 3.85. The van der Waals surface area contributed by atoms with Crippen LogP contribution in [0.15, 0.2) is 0 Å². The first-order valence-electron chi connectivity index (χ1n) is 7.19. The zero-order valence-corrected chi connectivity index (χ0v) is 13.1. The molecule has 118 valence electrons. The summed E-state index contributed by atoms with van der Waals surface area (Å²) in [4.78, 5) is 10.9. The summed E-state index contributed by atoms with van der Waals surface area (Å²) in [6.07, 6.45) is 1.75. The van der Waals surface area contributed by atoms with Gasteiger partial charge in [-0.15, -0.1) is 0 Å². The molecule has 1 amide bonds. The molecule has 0 aromatic heterocycles. The molecule has 0 fully saturated rings. The molecule has 0 aromatic carbocycles. The van der Waals surface area contributed by atoms with E-state index in [0.717, 1.165) is 6.54 Å². The van der Waals surface area contributed by atoms with Crippen molar-refractivity contribution in [3.05, 3.63) is 0 Å². The number of hydrogen-bond donors (Lipinski definition) is 4. The van der Waals surface area contributed by atoms with Gasteiger partial charge in [0, 0.05) is 32.3 Å². The number of nitrogens with two attached hydrogens (primary N) is 1. The van der Waals surface area contributed by atoms with E-state index in [1.165, 1.54) is 0 Å². The van der Waals surface area contributed by atoms with Crippen molar-refractivity contribution in [1.29, 1.82) is 5.41 Å². The second-order valence-corrected chi connectivity index (χ2v) is 5.84. The van der Waals surface area contributed by atoms with Gasteiger partial charge in [0.1, 0.15) is 0 Å². The molecule has 0 bridgehead atoms. The molecule has 0 aromatic rings. The molecule has 0 aliphatic heterocycles. The molecule has 0 spiro atoms. The molecule has 0 aliphatic carbocycles. The van der Waals surface area contributed by atoms with E-state index in [9.17, 15) is 9.90 Å². The zero-order valence-electron chi connectivity index (χ0n) is 13.1. The third kappa shape index (κ3) is 9.01. The number of hydrogen-bond acceptors (Lipinski definition) is 5.